The summed E-state index contributed by atoms with van der Waals surface area (Å²) in [5, 5.41) is 7.58. The Balaban J connectivity index is 1.91. The summed E-state index contributed by atoms with van der Waals surface area (Å²) in [6.07, 6.45) is -2.39. The van der Waals surface area contributed by atoms with Crippen LogP contribution < -0.4 is 10.1 Å². The molecule has 1 aliphatic heterocycles. The molecule has 0 fully saturated rings. The fourth-order valence-corrected chi connectivity index (χ4v) is 3.65. The Morgan fingerprint density at radius 2 is 2.00 bits per heavy atom. The Morgan fingerprint density at radius 1 is 1.24 bits per heavy atom. The van der Waals surface area contributed by atoms with Crippen LogP contribution in [-0.2, 0) is 6.54 Å². The molecule has 11 heteroatoms. The second kappa shape index (κ2) is 10.4. The van der Waals surface area contributed by atoms with Crippen LogP contribution in [0.5, 0.6) is 5.88 Å². The first-order chi connectivity index (χ1) is 16.0. The van der Waals surface area contributed by atoms with Gasteiger partial charge in [0.25, 0.3) is 0 Å². The van der Waals surface area contributed by atoms with E-state index in [2.05, 4.69) is 20.1 Å². The Bertz CT molecular complexity index is 1080. The van der Waals surface area contributed by atoms with E-state index < -0.39 is 24.0 Å². The largest absolute Gasteiger partial charge is 0.574 e. The summed E-state index contributed by atoms with van der Waals surface area (Å²) in [4.78, 5) is 3.85. The number of aryl methyl sites for hydroxylation is 1. The lowest BCUT2D eigenvalue weighted by Gasteiger charge is -2.25. The van der Waals surface area contributed by atoms with Gasteiger partial charge in [-0.25, -0.2) is 0 Å². The average molecular weight is 486 g/mol. The molecular weight excluding hydrogens is 462 g/mol. The number of halogens is 6. The predicted octanol–water partition coefficient (Wildman–Crippen LogP) is 6.98. The minimum atomic E-state index is -4.86. The van der Waals surface area contributed by atoms with Gasteiger partial charge in [0.05, 0.1) is 23.0 Å². The molecule has 0 saturated heterocycles. The number of ether oxygens (including phenoxy) is 1. The molecule has 34 heavy (non-hydrogen) atoms. The van der Waals surface area contributed by atoms with Crippen LogP contribution in [0.25, 0.3) is 5.57 Å². The first-order valence-electron chi connectivity index (χ1n) is 10.7. The zero-order valence-corrected chi connectivity index (χ0v) is 18.5. The second-order valence-corrected chi connectivity index (χ2v) is 7.59. The highest BCUT2D eigenvalue weighted by Gasteiger charge is 2.33. The third kappa shape index (κ3) is 6.64. The van der Waals surface area contributed by atoms with E-state index in [0.717, 1.165) is 24.6 Å². The molecule has 1 atom stereocenters. The van der Waals surface area contributed by atoms with E-state index in [0.29, 0.717) is 29.9 Å². The van der Waals surface area contributed by atoms with Crippen molar-refractivity contribution in [3.63, 3.8) is 0 Å². The molecule has 1 N–H and O–H groups in total. The van der Waals surface area contributed by atoms with Crippen molar-refractivity contribution in [2.24, 2.45) is 0 Å². The summed E-state index contributed by atoms with van der Waals surface area (Å²) < 4.78 is 83.4. The average Bonchev–Trinajstić information content (AvgIpc) is 3.16. The van der Waals surface area contributed by atoms with Gasteiger partial charge in [0.2, 0.25) is 5.88 Å². The molecule has 184 valence electrons. The van der Waals surface area contributed by atoms with Gasteiger partial charge in [-0.1, -0.05) is 31.2 Å². The molecule has 1 aliphatic rings. The van der Waals surface area contributed by atoms with Gasteiger partial charge in [0.15, 0.2) is 0 Å². The number of alkyl halides is 6. The maximum absolute atomic E-state index is 13.4. The molecule has 5 nitrogen and oxygen atoms in total. The van der Waals surface area contributed by atoms with Crippen molar-refractivity contribution in [2.45, 2.75) is 58.2 Å². The summed E-state index contributed by atoms with van der Waals surface area (Å²) in [6.45, 7) is 3.90. The topological polar surface area (TPSA) is 52.0 Å². The van der Waals surface area contributed by atoms with Crippen molar-refractivity contribution in [3.05, 3.63) is 65.5 Å². The van der Waals surface area contributed by atoms with Gasteiger partial charge in [-0.05, 0) is 44.4 Å². The fraction of sp³-hybridized carbons (Fsp3) is 0.391. The molecule has 3 rings (SSSR count). The number of fused-ring (bicyclic) bond motifs is 1. The third-order valence-electron chi connectivity index (χ3n) is 5.00. The zero-order valence-electron chi connectivity index (χ0n) is 18.5. The van der Waals surface area contributed by atoms with Crippen molar-refractivity contribution in [2.75, 3.05) is 5.32 Å². The third-order valence-corrected chi connectivity index (χ3v) is 5.00. The number of rotatable bonds is 7. The molecule has 2 aromatic heterocycles. The van der Waals surface area contributed by atoms with Crippen LogP contribution in [0, 0.1) is 0 Å². The quantitative estimate of drug-likeness (QED) is 0.339. The van der Waals surface area contributed by atoms with Crippen LogP contribution >= 0.6 is 0 Å². The van der Waals surface area contributed by atoms with E-state index in [1.165, 1.54) is 12.1 Å². The summed E-state index contributed by atoms with van der Waals surface area (Å²) >= 11 is 0. The molecule has 0 aromatic carbocycles. The summed E-state index contributed by atoms with van der Waals surface area (Å²) in [7, 11) is 0. The number of nitrogens with zero attached hydrogens (tertiary/aromatic N) is 3. The molecule has 0 saturated carbocycles. The Kier molecular flexibility index (Phi) is 7.73. The molecule has 0 spiro atoms. The number of pyridine rings is 1. The Morgan fingerprint density at radius 3 is 2.65 bits per heavy atom. The maximum atomic E-state index is 13.4. The molecule has 3 heterocycles. The SMILES string of the molecule is C\C=C/C(=C\C(=C\CC)C(F)(F)F)c1cc2n(n1)CCCC2Nc1cccc(OC(F)(F)F)n1. The first kappa shape index (κ1) is 25.4. The van der Waals surface area contributed by atoms with Gasteiger partial charge in [-0.3, -0.25) is 4.68 Å². The van der Waals surface area contributed by atoms with Crippen LogP contribution in [-0.4, -0.2) is 27.3 Å². The van der Waals surface area contributed by atoms with Crippen LogP contribution in [0.1, 0.15) is 50.5 Å². The van der Waals surface area contributed by atoms with Gasteiger partial charge in [0, 0.05) is 18.2 Å². The van der Waals surface area contributed by atoms with Crippen LogP contribution in [0.2, 0.25) is 0 Å². The molecule has 1 unspecified atom stereocenters. The molecule has 2 aromatic rings. The Hall–Kier alpha value is -3.24. The molecule has 0 amide bonds. The second-order valence-electron chi connectivity index (χ2n) is 7.59. The standard InChI is InChI=1S/C23H24F6N4O/c1-3-7-15(13-16(8-4-2)22(24,25)26)18-14-19-17(9-6-12-33(19)32-18)30-20-10-5-11-21(31-20)34-23(27,28)29/h3,5,7-8,10-11,13-14,17H,4,6,9,12H2,1-2H3,(H,30,31)/b7-3-,15-13+,16-8-. The smallest absolute Gasteiger partial charge is 0.388 e. The lowest BCUT2D eigenvalue weighted by molar-refractivity contribution is -0.276. The molecule has 0 radical (unpaired) electrons. The first-order valence-corrected chi connectivity index (χ1v) is 10.7. The summed E-state index contributed by atoms with van der Waals surface area (Å²) in [5.74, 6) is -0.416. The van der Waals surface area contributed by atoms with Gasteiger partial charge in [-0.2, -0.15) is 23.3 Å². The highest BCUT2D eigenvalue weighted by Crippen LogP contribution is 2.34. The fourth-order valence-electron chi connectivity index (χ4n) is 3.65. The van der Waals surface area contributed by atoms with Crippen LogP contribution in [0.3, 0.4) is 0 Å². The number of allylic oxidation sites excluding steroid dienone is 6. The zero-order chi connectivity index (χ0) is 24.9. The predicted molar refractivity (Wildman–Crippen MR) is 116 cm³/mol. The highest BCUT2D eigenvalue weighted by molar-refractivity contribution is 5.74. The molecular formula is C23H24F6N4O. The lowest BCUT2D eigenvalue weighted by atomic mass is 10.0. The van der Waals surface area contributed by atoms with Crippen molar-refractivity contribution >= 4 is 11.4 Å². The highest BCUT2D eigenvalue weighted by atomic mass is 19.4. The maximum Gasteiger partial charge on any atom is 0.574 e. The van der Waals surface area contributed by atoms with Crippen LogP contribution in [0.4, 0.5) is 32.2 Å². The van der Waals surface area contributed by atoms with E-state index in [4.69, 9.17) is 0 Å². The summed E-state index contributed by atoms with van der Waals surface area (Å²) in [5.41, 5.74) is 0.622. The molecule has 0 aliphatic carbocycles. The Labute approximate surface area is 192 Å². The lowest BCUT2D eigenvalue weighted by Crippen LogP contribution is -2.22. The number of hydrogen-bond donors (Lipinski definition) is 1. The number of aromatic nitrogens is 3. The monoisotopic (exact) mass is 486 g/mol. The van der Waals surface area contributed by atoms with E-state index in [-0.39, 0.29) is 18.3 Å². The van der Waals surface area contributed by atoms with Gasteiger partial charge >= 0.3 is 12.5 Å². The van der Waals surface area contributed by atoms with Gasteiger partial charge in [0.1, 0.15) is 5.82 Å². The van der Waals surface area contributed by atoms with E-state index in [1.807, 2.05) is 0 Å². The van der Waals surface area contributed by atoms with E-state index in [1.54, 1.807) is 36.7 Å². The van der Waals surface area contributed by atoms with Crippen LogP contribution in [0.15, 0.2) is 54.1 Å². The number of hydrogen-bond acceptors (Lipinski definition) is 4. The minimum absolute atomic E-state index is 0.178. The minimum Gasteiger partial charge on any atom is -0.388 e. The normalized spacial score (nSPS) is 17.7. The molecule has 0 bridgehead atoms. The van der Waals surface area contributed by atoms with Gasteiger partial charge < -0.3 is 10.1 Å². The van der Waals surface area contributed by atoms with Gasteiger partial charge in [-0.15, -0.1) is 13.2 Å². The summed E-state index contributed by atoms with van der Waals surface area (Å²) in [6, 6.07) is 5.34. The van der Waals surface area contributed by atoms with Crippen molar-refractivity contribution in [3.8, 4) is 5.88 Å². The van der Waals surface area contributed by atoms with Crippen molar-refractivity contribution in [1.29, 1.82) is 0 Å². The van der Waals surface area contributed by atoms with E-state index in [9.17, 15) is 26.3 Å². The van der Waals surface area contributed by atoms with E-state index >= 15 is 0 Å². The van der Waals surface area contributed by atoms with Crippen molar-refractivity contribution in [1.82, 2.24) is 14.8 Å². The number of anilines is 1. The van der Waals surface area contributed by atoms with Crippen molar-refractivity contribution < 1.29 is 31.1 Å². The number of nitrogens with one attached hydrogen (secondary N) is 1.